The normalized spacial score (nSPS) is 22.4. The van der Waals surface area contributed by atoms with E-state index >= 15 is 0 Å². The highest BCUT2D eigenvalue weighted by Crippen LogP contribution is 2.26. The Morgan fingerprint density at radius 1 is 1.24 bits per heavy atom. The summed E-state index contributed by atoms with van der Waals surface area (Å²) in [6, 6.07) is 7.99. The summed E-state index contributed by atoms with van der Waals surface area (Å²) in [5, 5.41) is 4.79. The van der Waals surface area contributed by atoms with E-state index < -0.39 is 0 Å². The summed E-state index contributed by atoms with van der Waals surface area (Å²) in [4.78, 5) is 4.48. The largest absolute Gasteiger partial charge is 0.339 e. The third-order valence-corrected chi connectivity index (χ3v) is 4.59. The molecular formula is C16H20ClN3O. The Hall–Kier alpha value is -1.39. The molecule has 2 unspecified atom stereocenters. The van der Waals surface area contributed by atoms with E-state index in [1.807, 2.05) is 24.3 Å². The summed E-state index contributed by atoms with van der Waals surface area (Å²) >= 11 is 6.15. The van der Waals surface area contributed by atoms with E-state index in [4.69, 9.17) is 21.9 Å². The molecule has 3 rings (SSSR count). The fourth-order valence-electron chi connectivity index (χ4n) is 2.97. The SMILES string of the molecule is NC1CCCCC1Cc1nc(Cc2ccccc2Cl)no1. The maximum Gasteiger partial charge on any atom is 0.226 e. The first-order chi connectivity index (χ1) is 10.2. The molecule has 4 nitrogen and oxygen atoms in total. The molecule has 0 radical (unpaired) electrons. The first kappa shape index (κ1) is 14.5. The molecule has 0 bridgehead atoms. The average molecular weight is 306 g/mol. The van der Waals surface area contributed by atoms with Gasteiger partial charge in [0.25, 0.3) is 0 Å². The van der Waals surface area contributed by atoms with Crippen LogP contribution in [0.1, 0.15) is 43.0 Å². The van der Waals surface area contributed by atoms with Gasteiger partial charge in [-0.05, 0) is 30.4 Å². The Bertz CT molecular complexity index is 599. The highest BCUT2D eigenvalue weighted by molar-refractivity contribution is 6.31. The molecule has 0 amide bonds. The van der Waals surface area contributed by atoms with Gasteiger partial charge < -0.3 is 10.3 Å². The van der Waals surface area contributed by atoms with Gasteiger partial charge in [0.15, 0.2) is 5.82 Å². The van der Waals surface area contributed by atoms with Crippen molar-refractivity contribution in [2.24, 2.45) is 11.7 Å². The van der Waals surface area contributed by atoms with E-state index in [-0.39, 0.29) is 6.04 Å². The first-order valence-electron chi connectivity index (χ1n) is 7.53. The molecule has 112 valence electrons. The molecule has 1 aromatic heterocycles. The van der Waals surface area contributed by atoms with Crippen LogP contribution in [0.15, 0.2) is 28.8 Å². The molecule has 1 heterocycles. The zero-order valence-corrected chi connectivity index (χ0v) is 12.7. The summed E-state index contributed by atoms with van der Waals surface area (Å²) < 4.78 is 5.37. The first-order valence-corrected chi connectivity index (χ1v) is 7.90. The van der Waals surface area contributed by atoms with Crippen LogP contribution in [-0.4, -0.2) is 16.2 Å². The lowest BCUT2D eigenvalue weighted by Gasteiger charge is -2.27. The van der Waals surface area contributed by atoms with Crippen molar-refractivity contribution in [3.8, 4) is 0 Å². The monoisotopic (exact) mass is 305 g/mol. The molecule has 1 fully saturated rings. The van der Waals surface area contributed by atoms with Crippen LogP contribution in [0.2, 0.25) is 5.02 Å². The minimum absolute atomic E-state index is 0.262. The van der Waals surface area contributed by atoms with Crippen molar-refractivity contribution in [2.45, 2.75) is 44.6 Å². The molecule has 0 aliphatic heterocycles. The van der Waals surface area contributed by atoms with Gasteiger partial charge in [0.1, 0.15) is 0 Å². The topological polar surface area (TPSA) is 64.9 Å². The third-order valence-electron chi connectivity index (χ3n) is 4.22. The summed E-state index contributed by atoms with van der Waals surface area (Å²) in [5.41, 5.74) is 7.18. The molecule has 1 aliphatic rings. The highest BCUT2D eigenvalue weighted by Gasteiger charge is 2.24. The second-order valence-electron chi connectivity index (χ2n) is 5.79. The van der Waals surface area contributed by atoms with Crippen LogP contribution in [0.5, 0.6) is 0 Å². The molecule has 1 saturated carbocycles. The van der Waals surface area contributed by atoms with E-state index in [2.05, 4.69) is 10.1 Å². The van der Waals surface area contributed by atoms with Gasteiger partial charge in [0, 0.05) is 23.9 Å². The maximum absolute atomic E-state index is 6.17. The Morgan fingerprint density at radius 3 is 2.86 bits per heavy atom. The number of hydrogen-bond donors (Lipinski definition) is 1. The minimum atomic E-state index is 0.262. The van der Waals surface area contributed by atoms with Crippen molar-refractivity contribution >= 4 is 11.6 Å². The van der Waals surface area contributed by atoms with E-state index in [9.17, 15) is 0 Å². The zero-order chi connectivity index (χ0) is 14.7. The number of hydrogen-bond acceptors (Lipinski definition) is 4. The highest BCUT2D eigenvalue weighted by atomic mass is 35.5. The van der Waals surface area contributed by atoms with Gasteiger partial charge in [-0.3, -0.25) is 0 Å². The van der Waals surface area contributed by atoms with Crippen LogP contribution in [0.25, 0.3) is 0 Å². The maximum atomic E-state index is 6.17. The summed E-state index contributed by atoms with van der Waals surface area (Å²) in [6.07, 6.45) is 6.13. The van der Waals surface area contributed by atoms with Gasteiger partial charge in [0.2, 0.25) is 5.89 Å². The number of aromatic nitrogens is 2. The number of nitrogens with zero attached hydrogens (tertiary/aromatic N) is 2. The Morgan fingerprint density at radius 2 is 2.05 bits per heavy atom. The molecule has 0 spiro atoms. The quantitative estimate of drug-likeness (QED) is 0.940. The predicted molar refractivity (Wildman–Crippen MR) is 82.2 cm³/mol. The van der Waals surface area contributed by atoms with Gasteiger partial charge in [-0.15, -0.1) is 0 Å². The van der Waals surface area contributed by atoms with Crippen LogP contribution >= 0.6 is 11.6 Å². The Balaban J connectivity index is 1.65. The molecule has 2 atom stereocenters. The van der Waals surface area contributed by atoms with Crippen LogP contribution in [0.4, 0.5) is 0 Å². The van der Waals surface area contributed by atoms with Crippen molar-refractivity contribution in [1.29, 1.82) is 0 Å². The van der Waals surface area contributed by atoms with Crippen molar-refractivity contribution in [3.63, 3.8) is 0 Å². The van der Waals surface area contributed by atoms with Crippen LogP contribution in [-0.2, 0) is 12.8 Å². The van der Waals surface area contributed by atoms with E-state index in [0.29, 0.717) is 24.1 Å². The van der Waals surface area contributed by atoms with Gasteiger partial charge in [-0.25, -0.2) is 0 Å². The van der Waals surface area contributed by atoms with Gasteiger partial charge >= 0.3 is 0 Å². The minimum Gasteiger partial charge on any atom is -0.339 e. The van der Waals surface area contributed by atoms with Crippen molar-refractivity contribution in [3.05, 3.63) is 46.6 Å². The second-order valence-corrected chi connectivity index (χ2v) is 6.19. The fraction of sp³-hybridized carbons (Fsp3) is 0.500. The lowest BCUT2D eigenvalue weighted by molar-refractivity contribution is 0.273. The average Bonchev–Trinajstić information content (AvgIpc) is 2.91. The van der Waals surface area contributed by atoms with Gasteiger partial charge in [0.05, 0.1) is 0 Å². The number of benzene rings is 1. The summed E-state index contributed by atoms with van der Waals surface area (Å²) in [7, 11) is 0. The van der Waals surface area contributed by atoms with E-state index in [1.165, 1.54) is 12.8 Å². The smallest absolute Gasteiger partial charge is 0.226 e. The van der Waals surface area contributed by atoms with Crippen molar-refractivity contribution in [1.82, 2.24) is 10.1 Å². The fourth-order valence-corrected chi connectivity index (χ4v) is 3.17. The lowest BCUT2D eigenvalue weighted by Crippen LogP contribution is -2.34. The number of nitrogens with two attached hydrogens (primary N) is 1. The molecular weight excluding hydrogens is 286 g/mol. The molecule has 2 N–H and O–H groups in total. The van der Waals surface area contributed by atoms with Crippen LogP contribution < -0.4 is 5.73 Å². The van der Waals surface area contributed by atoms with E-state index in [1.54, 1.807) is 0 Å². The van der Waals surface area contributed by atoms with E-state index in [0.717, 1.165) is 29.8 Å². The molecule has 5 heteroatoms. The Kier molecular flexibility index (Phi) is 4.56. The predicted octanol–water partition coefficient (Wildman–Crippen LogP) is 3.37. The molecule has 1 aromatic carbocycles. The van der Waals surface area contributed by atoms with Crippen LogP contribution in [0, 0.1) is 5.92 Å². The summed E-state index contributed by atoms with van der Waals surface area (Å²) in [6.45, 7) is 0. The van der Waals surface area contributed by atoms with Crippen molar-refractivity contribution < 1.29 is 4.52 Å². The molecule has 0 saturated heterocycles. The van der Waals surface area contributed by atoms with Crippen LogP contribution in [0.3, 0.4) is 0 Å². The molecule has 2 aromatic rings. The van der Waals surface area contributed by atoms with Crippen molar-refractivity contribution in [2.75, 3.05) is 0 Å². The summed E-state index contributed by atoms with van der Waals surface area (Å²) in [5.74, 6) is 1.84. The molecule has 1 aliphatic carbocycles. The third kappa shape index (κ3) is 3.63. The Labute approximate surface area is 129 Å². The second kappa shape index (κ2) is 6.58. The zero-order valence-electron chi connectivity index (χ0n) is 12.0. The van der Waals surface area contributed by atoms with Gasteiger partial charge in [-0.1, -0.05) is 47.8 Å². The van der Waals surface area contributed by atoms with Gasteiger partial charge in [-0.2, -0.15) is 4.98 Å². The number of halogens is 1. The molecule has 21 heavy (non-hydrogen) atoms. The number of rotatable bonds is 4. The standard InChI is InChI=1S/C16H20ClN3O/c17-13-7-3-1-5-11(13)9-15-19-16(21-20-15)10-12-6-2-4-8-14(12)18/h1,3,5,7,12,14H,2,4,6,8-10,18H2. The lowest BCUT2D eigenvalue weighted by atomic mass is 9.83.